The number of hydrogen-bond acceptors (Lipinski definition) is 2. The Morgan fingerprint density at radius 2 is 1.65 bits per heavy atom. The fraction of sp³-hybridized carbons (Fsp3) is 0.526. The molecular weight excluding hydrogens is 308 g/mol. The summed E-state index contributed by atoms with van der Waals surface area (Å²) in [5.41, 5.74) is 3.11. The second-order valence-corrected chi connectivity index (χ2v) is 7.34. The second-order valence-electron chi connectivity index (χ2n) is 7.34. The van der Waals surface area contributed by atoms with E-state index in [1.54, 1.807) is 0 Å². The van der Waals surface area contributed by atoms with Crippen molar-refractivity contribution in [3.63, 3.8) is 0 Å². The first-order valence-electron chi connectivity index (χ1n) is 8.66. The van der Waals surface area contributed by atoms with Crippen LogP contribution in [0.4, 0.5) is 0 Å². The van der Waals surface area contributed by atoms with E-state index in [1.807, 2.05) is 6.07 Å². The largest absolute Gasteiger partial charge is 0.308 e. The average Bonchev–Trinajstić information content (AvgIpc) is 2.59. The summed E-state index contributed by atoms with van der Waals surface area (Å²) < 4.78 is 2.15. The lowest BCUT2D eigenvalue weighted by atomic mass is 9.79. The minimum Gasteiger partial charge on any atom is -0.308 e. The van der Waals surface area contributed by atoms with Gasteiger partial charge in [-0.15, -0.1) is 12.4 Å². The first-order chi connectivity index (χ1) is 10.8. The first kappa shape index (κ1) is 15.2. The van der Waals surface area contributed by atoms with Crippen molar-refractivity contribution in [2.45, 2.75) is 44.1 Å². The molecule has 2 bridgehead atoms. The highest BCUT2D eigenvalue weighted by molar-refractivity contribution is 5.88. The quantitative estimate of drug-likeness (QED) is 0.802. The van der Waals surface area contributed by atoms with Gasteiger partial charge in [0.1, 0.15) is 0 Å². The van der Waals surface area contributed by atoms with Gasteiger partial charge in [0.2, 0.25) is 0 Å². The van der Waals surface area contributed by atoms with Crippen molar-refractivity contribution in [3.8, 4) is 0 Å². The van der Waals surface area contributed by atoms with Crippen LogP contribution in [0.3, 0.4) is 0 Å². The Morgan fingerprint density at radius 1 is 0.957 bits per heavy atom. The van der Waals surface area contributed by atoms with Crippen LogP contribution in [0.1, 0.15) is 36.8 Å². The maximum absolute atomic E-state index is 13.2. The fourth-order valence-corrected chi connectivity index (χ4v) is 4.96. The van der Waals surface area contributed by atoms with Crippen molar-refractivity contribution in [1.29, 1.82) is 0 Å². The van der Waals surface area contributed by atoms with Crippen LogP contribution < -0.4 is 5.56 Å². The van der Waals surface area contributed by atoms with Gasteiger partial charge in [0, 0.05) is 31.2 Å². The van der Waals surface area contributed by atoms with Crippen LogP contribution in [0.25, 0.3) is 10.8 Å². The highest BCUT2D eigenvalue weighted by Gasteiger charge is 2.41. The van der Waals surface area contributed by atoms with Crippen molar-refractivity contribution in [2.24, 2.45) is 0 Å². The molecule has 3 aliphatic heterocycles. The van der Waals surface area contributed by atoms with Crippen molar-refractivity contribution < 1.29 is 0 Å². The van der Waals surface area contributed by atoms with Gasteiger partial charge in [-0.3, -0.25) is 4.79 Å². The van der Waals surface area contributed by atoms with E-state index in [2.05, 4.69) is 27.8 Å². The van der Waals surface area contributed by atoms with Crippen molar-refractivity contribution in [3.05, 3.63) is 45.9 Å². The Morgan fingerprint density at radius 3 is 2.39 bits per heavy atom. The molecule has 0 radical (unpaired) electrons. The van der Waals surface area contributed by atoms with Crippen molar-refractivity contribution in [2.75, 3.05) is 19.6 Å². The highest BCUT2D eigenvalue weighted by Crippen LogP contribution is 2.39. The average molecular weight is 331 g/mol. The third kappa shape index (κ3) is 2.10. The van der Waals surface area contributed by atoms with E-state index in [9.17, 15) is 4.79 Å². The summed E-state index contributed by atoms with van der Waals surface area (Å²) >= 11 is 0. The van der Waals surface area contributed by atoms with Crippen LogP contribution in [0.15, 0.2) is 29.2 Å². The fourth-order valence-electron chi connectivity index (χ4n) is 4.96. The molecule has 4 heterocycles. The summed E-state index contributed by atoms with van der Waals surface area (Å²) in [5.74, 6) is 0. The zero-order valence-electron chi connectivity index (χ0n) is 13.4. The molecule has 3 fully saturated rings. The van der Waals surface area contributed by atoms with Crippen LogP contribution in [0.2, 0.25) is 0 Å². The van der Waals surface area contributed by atoms with Gasteiger partial charge in [0.25, 0.3) is 5.56 Å². The maximum Gasteiger partial charge on any atom is 0.258 e. The van der Waals surface area contributed by atoms with Crippen LogP contribution in [0.5, 0.6) is 0 Å². The molecule has 3 nitrogen and oxygen atoms in total. The Labute approximate surface area is 142 Å². The van der Waals surface area contributed by atoms with Gasteiger partial charge in [0.05, 0.1) is 5.54 Å². The smallest absolute Gasteiger partial charge is 0.258 e. The van der Waals surface area contributed by atoms with Crippen LogP contribution in [-0.4, -0.2) is 29.1 Å². The summed E-state index contributed by atoms with van der Waals surface area (Å²) in [5, 5.41) is 2.22. The summed E-state index contributed by atoms with van der Waals surface area (Å²) in [4.78, 5) is 15.7. The molecule has 0 atom stereocenters. The van der Waals surface area contributed by atoms with E-state index >= 15 is 0 Å². The number of fused-ring (bicyclic) bond motifs is 3. The Bertz CT molecular complexity index is 804. The van der Waals surface area contributed by atoms with Gasteiger partial charge in [-0.1, -0.05) is 12.1 Å². The SMILES string of the molecule is Cl.O=c1c2cccc3c2c(cn1C12CCN(CC1)CC2)CCC3. The summed E-state index contributed by atoms with van der Waals surface area (Å²) in [6.07, 6.45) is 9.09. The lowest BCUT2D eigenvalue weighted by Crippen LogP contribution is -2.56. The topological polar surface area (TPSA) is 25.2 Å². The van der Waals surface area contributed by atoms with Gasteiger partial charge in [0.15, 0.2) is 0 Å². The molecule has 0 N–H and O–H groups in total. The molecule has 1 aromatic carbocycles. The molecule has 4 aliphatic rings. The van der Waals surface area contributed by atoms with E-state index in [4.69, 9.17) is 0 Å². The molecule has 1 aliphatic carbocycles. The van der Waals surface area contributed by atoms with Gasteiger partial charge in [-0.25, -0.2) is 0 Å². The number of rotatable bonds is 1. The van der Waals surface area contributed by atoms with Gasteiger partial charge in [-0.2, -0.15) is 0 Å². The molecule has 2 aromatic rings. The lowest BCUT2D eigenvalue weighted by Gasteiger charge is -2.49. The van der Waals surface area contributed by atoms with Crippen molar-refractivity contribution >= 4 is 23.2 Å². The zero-order valence-corrected chi connectivity index (χ0v) is 14.2. The van der Waals surface area contributed by atoms with E-state index in [0.717, 1.165) is 57.1 Å². The number of aryl methyl sites for hydroxylation is 2. The van der Waals surface area contributed by atoms with E-state index < -0.39 is 0 Å². The molecule has 0 unspecified atom stereocenters. The zero-order chi connectivity index (χ0) is 14.7. The number of halogens is 1. The van der Waals surface area contributed by atoms with E-state index in [0.29, 0.717) is 0 Å². The summed E-state index contributed by atoms with van der Waals surface area (Å²) in [7, 11) is 0. The Kier molecular flexibility index (Phi) is 3.54. The molecule has 122 valence electrons. The van der Waals surface area contributed by atoms with Crippen LogP contribution in [-0.2, 0) is 18.4 Å². The van der Waals surface area contributed by atoms with E-state index in [1.165, 1.54) is 22.9 Å². The Hall–Kier alpha value is -1.32. The lowest BCUT2D eigenvalue weighted by molar-refractivity contribution is 0.0328. The number of benzene rings is 1. The minimum atomic E-state index is 0. The van der Waals surface area contributed by atoms with Crippen LogP contribution >= 0.6 is 12.4 Å². The molecule has 0 spiro atoms. The maximum atomic E-state index is 13.2. The van der Waals surface area contributed by atoms with Crippen LogP contribution in [0, 0.1) is 0 Å². The summed E-state index contributed by atoms with van der Waals surface area (Å²) in [6.45, 7) is 3.46. The number of pyridine rings is 1. The molecule has 6 rings (SSSR count). The molecule has 23 heavy (non-hydrogen) atoms. The highest BCUT2D eigenvalue weighted by atomic mass is 35.5. The Balaban J connectivity index is 0.00000135. The van der Waals surface area contributed by atoms with Gasteiger partial charge in [-0.05, 0) is 61.1 Å². The number of aromatic nitrogens is 1. The third-order valence-corrected chi connectivity index (χ3v) is 6.29. The molecular formula is C19H23ClN2O. The second kappa shape index (κ2) is 5.35. The first-order valence-corrected chi connectivity index (χ1v) is 8.66. The van der Waals surface area contributed by atoms with Gasteiger partial charge < -0.3 is 9.47 Å². The number of piperidine rings is 3. The molecule has 0 amide bonds. The van der Waals surface area contributed by atoms with E-state index in [-0.39, 0.29) is 23.5 Å². The summed E-state index contributed by atoms with van der Waals surface area (Å²) in [6, 6.07) is 6.31. The predicted octanol–water partition coefficient (Wildman–Crippen LogP) is 3.11. The molecule has 3 saturated heterocycles. The monoisotopic (exact) mass is 330 g/mol. The normalized spacial score (nSPS) is 28.6. The third-order valence-electron chi connectivity index (χ3n) is 6.29. The molecule has 1 aromatic heterocycles. The van der Waals surface area contributed by atoms with Gasteiger partial charge >= 0.3 is 0 Å². The minimum absolute atomic E-state index is 0. The molecule has 0 saturated carbocycles. The number of hydrogen-bond donors (Lipinski definition) is 0. The predicted molar refractivity (Wildman–Crippen MR) is 95.7 cm³/mol. The standard InChI is InChI=1S/C19H22N2O.ClH/c22-18-16-6-2-4-14-3-1-5-15(17(14)16)13-21(18)19-7-10-20(11-8-19)12-9-19;/h2,4,6,13H,1,3,5,7-12H2;1H. The molecule has 4 heteroatoms. The van der Waals surface area contributed by atoms with Crippen molar-refractivity contribution in [1.82, 2.24) is 9.47 Å². The number of nitrogens with zero attached hydrogens (tertiary/aromatic N) is 2.